The quantitative estimate of drug-likeness (QED) is 0.489. The van der Waals surface area contributed by atoms with Crippen LogP contribution in [0.1, 0.15) is 38.5 Å². The van der Waals surface area contributed by atoms with Crippen molar-refractivity contribution in [2.45, 2.75) is 38.5 Å². The maximum absolute atomic E-state index is 1.58. The molecule has 64 valence electrons. The average molecular weight is 170 g/mol. The predicted molar refractivity (Wildman–Crippen MR) is 52.7 cm³/mol. The molecule has 2 bridgehead atoms. The zero-order chi connectivity index (χ0) is 7.52. The predicted octanol–water partition coefficient (Wildman–Crippen LogP) is 3.27. The van der Waals surface area contributed by atoms with Crippen molar-refractivity contribution in [1.82, 2.24) is 0 Å². The highest BCUT2D eigenvalue weighted by Crippen LogP contribution is 2.36. The van der Waals surface area contributed by atoms with Crippen LogP contribution in [0, 0.1) is 11.8 Å². The highest BCUT2D eigenvalue weighted by atomic mass is 31.1. The summed E-state index contributed by atoms with van der Waals surface area (Å²) in [5, 5.41) is 0. The molecule has 0 N–H and O–H groups in total. The van der Waals surface area contributed by atoms with Crippen molar-refractivity contribution in [3.63, 3.8) is 0 Å². The van der Waals surface area contributed by atoms with Crippen LogP contribution < -0.4 is 0 Å². The Labute approximate surface area is 71.9 Å². The Balaban J connectivity index is 1.96. The summed E-state index contributed by atoms with van der Waals surface area (Å²) in [5.41, 5.74) is 0. The van der Waals surface area contributed by atoms with Crippen molar-refractivity contribution in [2.24, 2.45) is 11.8 Å². The Bertz CT molecular complexity index is 86.3. The van der Waals surface area contributed by atoms with Gasteiger partial charge in [0.05, 0.1) is 0 Å². The summed E-state index contributed by atoms with van der Waals surface area (Å²) in [6.45, 7) is 0. The molecule has 0 aromatic carbocycles. The molecule has 11 heavy (non-hydrogen) atoms. The first-order chi connectivity index (χ1) is 5.45. The highest BCUT2D eigenvalue weighted by molar-refractivity contribution is 7.38. The Morgan fingerprint density at radius 3 is 1.64 bits per heavy atom. The van der Waals surface area contributed by atoms with Gasteiger partial charge in [0, 0.05) is 0 Å². The van der Waals surface area contributed by atoms with Gasteiger partial charge in [-0.05, 0) is 24.2 Å². The third-order valence-corrected chi connectivity index (χ3v) is 5.05. The van der Waals surface area contributed by atoms with Gasteiger partial charge < -0.3 is 0 Å². The van der Waals surface area contributed by atoms with E-state index < -0.39 is 0 Å². The lowest BCUT2D eigenvalue weighted by atomic mass is 9.87. The van der Waals surface area contributed by atoms with E-state index >= 15 is 0 Å². The third kappa shape index (κ3) is 2.18. The zero-order valence-electron chi connectivity index (χ0n) is 7.31. The maximum atomic E-state index is 1.58. The first kappa shape index (κ1) is 8.05. The molecule has 0 atom stereocenters. The molecule has 0 aromatic heterocycles. The lowest BCUT2D eigenvalue weighted by molar-refractivity contribution is 0.342. The van der Waals surface area contributed by atoms with Crippen molar-refractivity contribution >= 4 is 8.58 Å². The standard InChI is InChI=1S/C10H19P/c1-3-9-5-2-6-10(4-1)8-11-7-9/h9-11H,1-8H2. The molecule has 2 saturated heterocycles. The van der Waals surface area contributed by atoms with Crippen molar-refractivity contribution in [3.8, 4) is 0 Å². The first-order valence-electron chi connectivity index (χ1n) is 5.16. The molecular formula is C10H19P. The Morgan fingerprint density at radius 2 is 1.18 bits per heavy atom. The van der Waals surface area contributed by atoms with Crippen LogP contribution >= 0.6 is 8.58 Å². The van der Waals surface area contributed by atoms with Crippen LogP contribution in [-0.2, 0) is 0 Å². The molecule has 0 nitrogen and oxygen atoms in total. The molecule has 2 aliphatic heterocycles. The van der Waals surface area contributed by atoms with E-state index in [2.05, 4.69) is 0 Å². The van der Waals surface area contributed by atoms with Gasteiger partial charge in [0.25, 0.3) is 0 Å². The summed E-state index contributed by atoms with van der Waals surface area (Å²) in [6, 6.07) is 0. The fourth-order valence-corrected chi connectivity index (χ4v) is 4.38. The number of hydrogen-bond acceptors (Lipinski definition) is 0. The average Bonchev–Trinajstić information content (AvgIpc) is 1.80. The molecule has 0 radical (unpaired) electrons. The SMILES string of the molecule is C1CC2CCCC(C1)CPC2. The van der Waals surface area contributed by atoms with Gasteiger partial charge >= 0.3 is 0 Å². The van der Waals surface area contributed by atoms with Crippen LogP contribution in [0.2, 0.25) is 0 Å². The maximum Gasteiger partial charge on any atom is -0.0325 e. The second-order valence-electron chi connectivity index (χ2n) is 4.25. The minimum atomic E-state index is 1.13. The molecule has 0 aromatic rings. The summed E-state index contributed by atoms with van der Waals surface area (Å²) in [4.78, 5) is 0. The Morgan fingerprint density at radius 1 is 0.727 bits per heavy atom. The summed E-state index contributed by atoms with van der Waals surface area (Å²) in [6.07, 6.45) is 12.5. The van der Waals surface area contributed by atoms with Gasteiger partial charge in [0.15, 0.2) is 0 Å². The number of hydrogen-bond donors (Lipinski definition) is 0. The fourth-order valence-electron chi connectivity index (χ4n) is 2.58. The van der Waals surface area contributed by atoms with E-state index in [1.165, 1.54) is 8.58 Å². The summed E-state index contributed by atoms with van der Waals surface area (Å²) in [5.74, 6) is 2.27. The topological polar surface area (TPSA) is 0 Å². The Kier molecular flexibility index (Phi) is 2.85. The van der Waals surface area contributed by atoms with Gasteiger partial charge in [-0.15, -0.1) is 8.58 Å². The van der Waals surface area contributed by atoms with Crippen LogP contribution in [0.25, 0.3) is 0 Å². The van der Waals surface area contributed by atoms with Gasteiger partial charge in [0.1, 0.15) is 0 Å². The van der Waals surface area contributed by atoms with Crippen molar-refractivity contribution in [2.75, 3.05) is 12.3 Å². The van der Waals surface area contributed by atoms with Crippen LogP contribution in [0.3, 0.4) is 0 Å². The lowest BCUT2D eigenvalue weighted by Gasteiger charge is -2.28. The third-order valence-electron chi connectivity index (χ3n) is 3.32. The molecule has 3 rings (SSSR count). The number of fused-ring (bicyclic) bond motifs is 6. The monoisotopic (exact) mass is 170 g/mol. The molecule has 1 heteroatoms. The van der Waals surface area contributed by atoms with Crippen molar-refractivity contribution < 1.29 is 0 Å². The van der Waals surface area contributed by atoms with Crippen molar-refractivity contribution in [1.29, 1.82) is 0 Å². The fraction of sp³-hybridized carbons (Fsp3) is 1.00. The van der Waals surface area contributed by atoms with Crippen molar-refractivity contribution in [3.05, 3.63) is 0 Å². The minimum absolute atomic E-state index is 1.13. The van der Waals surface area contributed by atoms with Crippen LogP contribution in [0.4, 0.5) is 0 Å². The van der Waals surface area contributed by atoms with Gasteiger partial charge in [-0.1, -0.05) is 38.5 Å². The van der Waals surface area contributed by atoms with Gasteiger partial charge in [0.2, 0.25) is 0 Å². The van der Waals surface area contributed by atoms with E-state index in [1.54, 1.807) is 50.8 Å². The van der Waals surface area contributed by atoms with E-state index in [0.717, 1.165) is 11.8 Å². The molecule has 1 aliphatic carbocycles. The second kappa shape index (κ2) is 3.90. The van der Waals surface area contributed by atoms with E-state index in [4.69, 9.17) is 0 Å². The van der Waals surface area contributed by atoms with E-state index in [9.17, 15) is 0 Å². The van der Waals surface area contributed by atoms with E-state index in [-0.39, 0.29) is 0 Å². The molecule has 0 amide bonds. The highest BCUT2D eigenvalue weighted by Gasteiger charge is 2.20. The van der Waals surface area contributed by atoms with Crippen LogP contribution in [0.15, 0.2) is 0 Å². The van der Waals surface area contributed by atoms with Gasteiger partial charge in [-0.25, -0.2) is 0 Å². The molecule has 0 unspecified atom stereocenters. The lowest BCUT2D eigenvalue weighted by Crippen LogP contribution is -2.16. The van der Waals surface area contributed by atoms with E-state index in [1.807, 2.05) is 0 Å². The molecule has 1 saturated carbocycles. The van der Waals surface area contributed by atoms with Crippen LogP contribution in [-0.4, -0.2) is 12.3 Å². The Hall–Kier alpha value is 0.430. The largest absolute Gasteiger partial charge is 0.122 e. The summed E-state index contributed by atoms with van der Waals surface area (Å²) in [7, 11) is 1.31. The zero-order valence-corrected chi connectivity index (χ0v) is 8.31. The summed E-state index contributed by atoms with van der Waals surface area (Å²) < 4.78 is 0. The molecular weight excluding hydrogens is 151 g/mol. The van der Waals surface area contributed by atoms with Gasteiger partial charge in [-0.3, -0.25) is 0 Å². The molecule has 2 heterocycles. The number of rotatable bonds is 0. The van der Waals surface area contributed by atoms with Crippen LogP contribution in [0.5, 0.6) is 0 Å². The van der Waals surface area contributed by atoms with E-state index in [0.29, 0.717) is 0 Å². The smallest absolute Gasteiger partial charge is 0.0325 e. The molecule has 0 spiro atoms. The molecule has 3 fully saturated rings. The molecule has 3 aliphatic rings. The summed E-state index contributed by atoms with van der Waals surface area (Å²) >= 11 is 0. The normalized spacial score (nSPS) is 41.5. The minimum Gasteiger partial charge on any atom is -0.122 e. The van der Waals surface area contributed by atoms with Gasteiger partial charge in [-0.2, -0.15) is 0 Å². The second-order valence-corrected chi connectivity index (χ2v) is 5.57. The first-order valence-corrected chi connectivity index (χ1v) is 6.57.